The maximum Gasteiger partial charge on any atom is 0.256 e. The minimum Gasteiger partial charge on any atom is -0.393 e. The molecule has 0 aliphatic heterocycles. The second kappa shape index (κ2) is 9.46. The van der Waals surface area contributed by atoms with Gasteiger partial charge in [0.15, 0.2) is 0 Å². The summed E-state index contributed by atoms with van der Waals surface area (Å²) in [5.74, 6) is 2.27. The summed E-state index contributed by atoms with van der Waals surface area (Å²) in [6.45, 7) is 4.20. The molecule has 180 valence electrons. The minimum atomic E-state index is -0.231. The van der Waals surface area contributed by atoms with Gasteiger partial charge < -0.3 is 16.2 Å². The number of benzene rings is 1. The molecule has 0 bridgehead atoms. The lowest BCUT2D eigenvalue weighted by Gasteiger charge is -2.24. The summed E-state index contributed by atoms with van der Waals surface area (Å²) in [5, 5.41) is 12.8. The molecule has 1 fully saturated rings. The summed E-state index contributed by atoms with van der Waals surface area (Å²) in [6.07, 6.45) is 8.36. The van der Waals surface area contributed by atoms with Crippen molar-refractivity contribution in [2.45, 2.75) is 57.5 Å². The first kappa shape index (κ1) is 23.0. The number of nitrogens with one attached hydrogen (secondary N) is 1. The van der Waals surface area contributed by atoms with Crippen LogP contribution in [0.3, 0.4) is 0 Å². The van der Waals surface area contributed by atoms with E-state index in [1.165, 1.54) is 0 Å². The van der Waals surface area contributed by atoms with E-state index in [0.717, 1.165) is 53.8 Å². The molecule has 1 aliphatic rings. The molecule has 1 saturated carbocycles. The maximum absolute atomic E-state index is 12.8. The molecular weight excluding hydrogens is 440 g/mol. The molecule has 0 saturated heterocycles. The first-order chi connectivity index (χ1) is 16.9. The van der Waals surface area contributed by atoms with Crippen molar-refractivity contribution in [2.75, 3.05) is 11.1 Å². The number of fused-ring (bicyclic) bond motifs is 1. The average molecular weight is 471 g/mol. The van der Waals surface area contributed by atoms with Crippen molar-refractivity contribution in [3.8, 4) is 11.3 Å². The second-order valence-corrected chi connectivity index (χ2v) is 9.52. The smallest absolute Gasteiger partial charge is 0.256 e. The van der Waals surface area contributed by atoms with E-state index in [-0.39, 0.29) is 17.9 Å². The molecule has 0 atom stereocenters. The highest BCUT2D eigenvalue weighted by Crippen LogP contribution is 2.36. The van der Waals surface area contributed by atoms with Gasteiger partial charge in [0.05, 0.1) is 6.10 Å². The Balaban J connectivity index is 1.43. The number of nitrogen functional groups attached to an aromatic ring is 1. The molecule has 4 aromatic rings. The van der Waals surface area contributed by atoms with Crippen molar-refractivity contribution in [1.29, 1.82) is 0 Å². The monoisotopic (exact) mass is 470 g/mol. The van der Waals surface area contributed by atoms with Crippen LogP contribution in [0.1, 0.15) is 73.1 Å². The number of hydrogen-bond acceptors (Lipinski definition) is 6. The van der Waals surface area contributed by atoms with Crippen LogP contribution in [0.2, 0.25) is 0 Å². The van der Waals surface area contributed by atoms with Crippen molar-refractivity contribution in [1.82, 2.24) is 19.4 Å². The van der Waals surface area contributed by atoms with Crippen LogP contribution in [-0.2, 0) is 0 Å². The second-order valence-electron chi connectivity index (χ2n) is 9.52. The number of amides is 1. The molecule has 3 heterocycles. The Kier molecular flexibility index (Phi) is 6.21. The Morgan fingerprint density at radius 3 is 2.54 bits per heavy atom. The fourth-order valence-corrected chi connectivity index (χ4v) is 4.75. The third-order valence-electron chi connectivity index (χ3n) is 6.78. The van der Waals surface area contributed by atoms with E-state index in [0.29, 0.717) is 23.1 Å². The normalized spacial score (nSPS) is 18.2. The van der Waals surface area contributed by atoms with Crippen molar-refractivity contribution >= 4 is 23.1 Å². The van der Waals surface area contributed by atoms with Crippen LogP contribution in [0.15, 0.2) is 55.0 Å². The predicted octanol–water partition coefficient (Wildman–Crippen LogP) is 4.77. The Labute approximate surface area is 204 Å². The first-order valence-electron chi connectivity index (χ1n) is 12.1. The van der Waals surface area contributed by atoms with E-state index in [2.05, 4.69) is 29.1 Å². The quantitative estimate of drug-likeness (QED) is 0.387. The van der Waals surface area contributed by atoms with Crippen LogP contribution < -0.4 is 11.1 Å². The van der Waals surface area contributed by atoms with Gasteiger partial charge in [0, 0.05) is 35.6 Å². The molecule has 4 N–H and O–H groups in total. The van der Waals surface area contributed by atoms with Crippen LogP contribution in [0.25, 0.3) is 16.8 Å². The largest absolute Gasteiger partial charge is 0.393 e. The Bertz CT molecular complexity index is 1350. The number of carbonyl (C=O) groups is 1. The SMILES string of the molecule is CC(C)c1ccnc(NC(=O)c2ccc(-c3nc([C@H]4CC[C@H](O)CC4)n4ccnc(N)c34)cc2)c1. The van der Waals surface area contributed by atoms with Gasteiger partial charge in [0.25, 0.3) is 5.91 Å². The van der Waals surface area contributed by atoms with Crippen LogP contribution in [0.5, 0.6) is 0 Å². The number of nitrogens with two attached hydrogens (primary N) is 1. The number of pyridine rings is 1. The fraction of sp³-hybridized carbons (Fsp3) is 0.333. The molecule has 0 spiro atoms. The maximum atomic E-state index is 12.8. The van der Waals surface area contributed by atoms with Crippen LogP contribution in [-0.4, -0.2) is 36.5 Å². The van der Waals surface area contributed by atoms with Gasteiger partial charge in [-0.15, -0.1) is 0 Å². The number of aromatic nitrogens is 4. The number of imidazole rings is 1. The molecule has 1 aliphatic carbocycles. The molecule has 35 heavy (non-hydrogen) atoms. The number of aliphatic hydroxyl groups excluding tert-OH is 1. The highest BCUT2D eigenvalue weighted by atomic mass is 16.3. The zero-order chi connectivity index (χ0) is 24.5. The number of nitrogens with zero attached hydrogens (tertiary/aromatic N) is 4. The molecule has 0 radical (unpaired) electrons. The van der Waals surface area contributed by atoms with E-state index in [1.807, 2.05) is 34.9 Å². The number of aliphatic hydroxyl groups is 1. The average Bonchev–Trinajstić information content (AvgIpc) is 3.26. The topological polar surface area (TPSA) is 118 Å². The van der Waals surface area contributed by atoms with Crippen molar-refractivity contribution in [3.63, 3.8) is 0 Å². The summed E-state index contributed by atoms with van der Waals surface area (Å²) < 4.78 is 2.02. The zero-order valence-electron chi connectivity index (χ0n) is 20.0. The number of hydrogen-bond donors (Lipinski definition) is 3. The Hall–Kier alpha value is -3.78. The Morgan fingerprint density at radius 2 is 1.83 bits per heavy atom. The van der Waals surface area contributed by atoms with Gasteiger partial charge >= 0.3 is 0 Å². The molecule has 8 nitrogen and oxygen atoms in total. The predicted molar refractivity (Wildman–Crippen MR) is 136 cm³/mol. The fourth-order valence-electron chi connectivity index (χ4n) is 4.75. The number of anilines is 2. The molecule has 1 aromatic carbocycles. The highest BCUT2D eigenvalue weighted by Gasteiger charge is 2.26. The molecule has 8 heteroatoms. The van der Waals surface area contributed by atoms with Crippen molar-refractivity contribution in [3.05, 3.63) is 71.9 Å². The summed E-state index contributed by atoms with van der Waals surface area (Å²) in [7, 11) is 0. The van der Waals surface area contributed by atoms with E-state index in [9.17, 15) is 9.90 Å². The van der Waals surface area contributed by atoms with E-state index in [4.69, 9.17) is 10.7 Å². The van der Waals surface area contributed by atoms with Gasteiger partial charge in [-0.25, -0.2) is 15.0 Å². The Morgan fingerprint density at radius 1 is 1.09 bits per heavy atom. The van der Waals surface area contributed by atoms with Crippen molar-refractivity contribution < 1.29 is 9.90 Å². The summed E-state index contributed by atoms with van der Waals surface area (Å²) >= 11 is 0. The summed E-state index contributed by atoms with van der Waals surface area (Å²) in [4.78, 5) is 26.4. The van der Waals surface area contributed by atoms with Gasteiger partial charge in [-0.3, -0.25) is 9.20 Å². The standard InChI is InChI=1S/C27H30N6O2/c1-16(2)20-11-12-29-22(15-20)31-27(35)19-5-3-17(4-6-19)23-24-25(28)30-13-14-33(24)26(32-23)18-7-9-21(34)10-8-18/h3-6,11-16,18,21,34H,7-10H2,1-2H3,(H2,28,30)(H,29,31,35)/t18-,21-. The first-order valence-corrected chi connectivity index (χ1v) is 12.1. The van der Waals surface area contributed by atoms with Gasteiger partial charge in [-0.1, -0.05) is 26.0 Å². The van der Waals surface area contributed by atoms with E-state index in [1.54, 1.807) is 24.5 Å². The van der Waals surface area contributed by atoms with Gasteiger partial charge in [0.1, 0.15) is 28.7 Å². The molecule has 3 aromatic heterocycles. The highest BCUT2D eigenvalue weighted by molar-refractivity contribution is 6.04. The lowest BCUT2D eigenvalue weighted by molar-refractivity contribution is 0.102. The van der Waals surface area contributed by atoms with Crippen molar-refractivity contribution in [2.24, 2.45) is 0 Å². The zero-order valence-corrected chi connectivity index (χ0v) is 20.0. The lowest BCUT2D eigenvalue weighted by atomic mass is 9.87. The van der Waals surface area contributed by atoms with Gasteiger partial charge in [0.2, 0.25) is 0 Å². The molecular formula is C27H30N6O2. The third-order valence-corrected chi connectivity index (χ3v) is 6.78. The summed E-state index contributed by atoms with van der Waals surface area (Å²) in [6, 6.07) is 11.2. The molecule has 5 rings (SSSR count). The van der Waals surface area contributed by atoms with Crippen LogP contribution >= 0.6 is 0 Å². The van der Waals surface area contributed by atoms with Gasteiger partial charge in [-0.05, 0) is 61.4 Å². The van der Waals surface area contributed by atoms with Crippen LogP contribution in [0, 0.1) is 0 Å². The van der Waals surface area contributed by atoms with E-state index < -0.39 is 0 Å². The third kappa shape index (κ3) is 4.61. The van der Waals surface area contributed by atoms with Gasteiger partial charge in [-0.2, -0.15) is 0 Å². The van der Waals surface area contributed by atoms with Crippen LogP contribution in [0.4, 0.5) is 11.6 Å². The number of rotatable bonds is 5. The summed E-state index contributed by atoms with van der Waals surface area (Å²) in [5.41, 5.74) is 10.3. The molecule has 1 amide bonds. The lowest BCUT2D eigenvalue weighted by Crippen LogP contribution is -2.18. The minimum absolute atomic E-state index is 0.220. The molecule has 0 unspecified atom stereocenters. The number of carbonyl (C=O) groups excluding carboxylic acids is 1. The van der Waals surface area contributed by atoms with E-state index >= 15 is 0 Å².